The third kappa shape index (κ3) is 5.52. The molecule has 3 aromatic rings. The number of anilines is 2. The second-order valence-electron chi connectivity index (χ2n) is 13.0. The summed E-state index contributed by atoms with van der Waals surface area (Å²) < 4.78 is 145. The molecule has 7 heterocycles. The molecule has 49 heavy (non-hydrogen) atoms. The van der Waals surface area contributed by atoms with E-state index in [1.165, 1.54) is 4.90 Å². The third-order valence-electron chi connectivity index (χ3n) is 9.92. The van der Waals surface area contributed by atoms with Gasteiger partial charge >= 0.3 is 18.4 Å². The zero-order valence-corrected chi connectivity index (χ0v) is 26.2. The number of ether oxygens (including phenoxy) is 2. The summed E-state index contributed by atoms with van der Waals surface area (Å²) in [6, 6.07) is -2.36. The fourth-order valence-corrected chi connectivity index (χ4v) is 7.65. The highest BCUT2D eigenvalue weighted by Gasteiger charge is 2.54. The van der Waals surface area contributed by atoms with Crippen LogP contribution in [0.5, 0.6) is 11.9 Å². The molecule has 3 aromatic heterocycles. The average molecular weight is 707 g/mol. The largest absolute Gasteiger partial charge is 0.462 e. The Bertz CT molecular complexity index is 1810. The van der Waals surface area contributed by atoms with Crippen molar-refractivity contribution in [3.05, 3.63) is 22.9 Å². The first kappa shape index (κ1) is 33.6. The van der Waals surface area contributed by atoms with Crippen LogP contribution in [0.25, 0.3) is 22.2 Å². The molecule has 1 unspecified atom stereocenters. The third-order valence-corrected chi connectivity index (χ3v) is 9.92. The summed E-state index contributed by atoms with van der Waals surface area (Å²) in [6.45, 7) is 2.99. The number of aromatic nitrogens is 4. The second-order valence-corrected chi connectivity index (χ2v) is 13.0. The SMILES string of the molecule is CC[C@@H]1CN2c3nc(OC[C@@]45CCCN4C[C@H](F)C5)nc4c(F)c(-c5c(F)c(N)nc(C)c5C(F)(F)F)nc(c34)OC(C(F)(F)F)[C@@H]2CN1. The molecule has 0 aromatic carbocycles. The number of nitrogens with two attached hydrogens (primary N) is 1. The fourth-order valence-electron chi connectivity index (χ4n) is 7.65. The van der Waals surface area contributed by atoms with Crippen LogP contribution in [0.4, 0.5) is 51.1 Å². The van der Waals surface area contributed by atoms with Crippen molar-refractivity contribution in [2.24, 2.45) is 0 Å². The maximum atomic E-state index is 16.7. The molecule has 4 aliphatic rings. The van der Waals surface area contributed by atoms with E-state index in [9.17, 15) is 30.7 Å². The van der Waals surface area contributed by atoms with Gasteiger partial charge in [-0.2, -0.15) is 36.3 Å². The summed E-state index contributed by atoms with van der Waals surface area (Å²) in [6.07, 6.45) is -12.2. The number of rotatable bonds is 5. The number of nitrogens with zero attached hydrogens (tertiary/aromatic N) is 6. The summed E-state index contributed by atoms with van der Waals surface area (Å²) in [4.78, 5) is 18.9. The second kappa shape index (κ2) is 11.6. The van der Waals surface area contributed by atoms with Crippen LogP contribution in [0.2, 0.25) is 0 Å². The molecule has 266 valence electrons. The number of aryl methyl sites for hydroxylation is 1. The van der Waals surface area contributed by atoms with Crippen molar-refractivity contribution in [1.29, 1.82) is 0 Å². The minimum Gasteiger partial charge on any atom is -0.462 e. The van der Waals surface area contributed by atoms with E-state index in [4.69, 9.17) is 15.2 Å². The van der Waals surface area contributed by atoms with Crippen molar-refractivity contribution in [2.75, 3.05) is 43.4 Å². The van der Waals surface area contributed by atoms with Crippen LogP contribution in [-0.2, 0) is 6.18 Å². The van der Waals surface area contributed by atoms with Gasteiger partial charge in [-0.05, 0) is 32.7 Å². The number of pyridine rings is 2. The van der Waals surface area contributed by atoms with Crippen LogP contribution in [0.1, 0.15) is 43.9 Å². The van der Waals surface area contributed by atoms with Gasteiger partial charge in [0.1, 0.15) is 35.2 Å². The van der Waals surface area contributed by atoms with E-state index in [-0.39, 0.29) is 44.5 Å². The van der Waals surface area contributed by atoms with Crippen molar-refractivity contribution >= 4 is 22.5 Å². The lowest BCUT2D eigenvalue weighted by molar-refractivity contribution is -0.201. The zero-order chi connectivity index (χ0) is 35.2. The minimum absolute atomic E-state index is 0.0559. The Hall–Kier alpha value is -3.87. The summed E-state index contributed by atoms with van der Waals surface area (Å²) in [5.74, 6) is -5.65. The molecular formula is C30H31F9N8O2. The highest BCUT2D eigenvalue weighted by molar-refractivity contribution is 5.97. The topological polar surface area (TPSA) is 115 Å². The number of hydrogen-bond donors (Lipinski definition) is 2. The van der Waals surface area contributed by atoms with E-state index in [1.807, 2.05) is 4.90 Å². The fraction of sp³-hybridized carbons (Fsp3) is 0.600. The molecule has 4 aliphatic heterocycles. The van der Waals surface area contributed by atoms with Crippen molar-refractivity contribution < 1.29 is 49.0 Å². The molecule has 0 spiro atoms. The van der Waals surface area contributed by atoms with E-state index in [0.717, 1.165) is 13.3 Å². The van der Waals surface area contributed by atoms with Crippen LogP contribution in [0.3, 0.4) is 0 Å². The van der Waals surface area contributed by atoms with E-state index in [2.05, 4.69) is 25.3 Å². The lowest BCUT2D eigenvalue weighted by Crippen LogP contribution is -2.64. The first-order chi connectivity index (χ1) is 23.0. The lowest BCUT2D eigenvalue weighted by Gasteiger charge is -2.42. The van der Waals surface area contributed by atoms with Crippen LogP contribution < -0.4 is 25.4 Å². The van der Waals surface area contributed by atoms with E-state index in [0.29, 0.717) is 19.4 Å². The first-order valence-corrected chi connectivity index (χ1v) is 15.7. The Morgan fingerprint density at radius 3 is 2.51 bits per heavy atom. The van der Waals surface area contributed by atoms with Crippen LogP contribution in [0.15, 0.2) is 0 Å². The smallest absolute Gasteiger partial charge is 0.427 e. The standard InChI is InChI=1S/C30H31F9N8O2/c1-3-14-10-47-15(8-41-14)23(30(37,38)39)49-26-17-22(20(33)21(43-26)16-18(29(34,35)36)12(2)42-24(40)19(16)32)44-27(45-25(17)47)48-11-28-5-4-6-46(28)9-13(31)7-28/h13-15,23,41H,3-11H2,1-2H3,(H2,40,42)/t13-,14-,15+,23?,28+/m1/s1. The number of alkyl halides is 7. The summed E-state index contributed by atoms with van der Waals surface area (Å²) in [5.41, 5.74) is -1.38. The predicted molar refractivity (Wildman–Crippen MR) is 157 cm³/mol. The van der Waals surface area contributed by atoms with Gasteiger partial charge in [-0.3, -0.25) is 4.90 Å². The Labute approximate surface area is 273 Å². The molecule has 0 aliphatic carbocycles. The van der Waals surface area contributed by atoms with Crippen LogP contribution in [0, 0.1) is 18.6 Å². The molecule has 19 heteroatoms. The molecule has 5 atom stereocenters. The van der Waals surface area contributed by atoms with Gasteiger partial charge in [-0.1, -0.05) is 6.92 Å². The van der Waals surface area contributed by atoms with E-state index < -0.39 is 99.0 Å². The highest BCUT2D eigenvalue weighted by atomic mass is 19.4. The molecular weight excluding hydrogens is 675 g/mol. The van der Waals surface area contributed by atoms with Crippen molar-refractivity contribution in [3.63, 3.8) is 0 Å². The molecule has 3 saturated heterocycles. The Balaban J connectivity index is 1.48. The first-order valence-electron chi connectivity index (χ1n) is 15.7. The Morgan fingerprint density at radius 2 is 1.82 bits per heavy atom. The van der Waals surface area contributed by atoms with Gasteiger partial charge in [-0.25, -0.2) is 23.1 Å². The molecule has 0 amide bonds. The van der Waals surface area contributed by atoms with E-state index >= 15 is 8.78 Å². The number of fused-ring (bicyclic) bond motifs is 3. The lowest BCUT2D eigenvalue weighted by atomic mass is 9.95. The van der Waals surface area contributed by atoms with Gasteiger partial charge in [0.2, 0.25) is 12.0 Å². The normalized spacial score (nSPS) is 27.2. The van der Waals surface area contributed by atoms with Crippen molar-refractivity contribution in [3.8, 4) is 23.1 Å². The van der Waals surface area contributed by atoms with Gasteiger partial charge in [0.15, 0.2) is 17.5 Å². The molecule has 10 nitrogen and oxygen atoms in total. The monoisotopic (exact) mass is 706 g/mol. The number of halogens is 9. The molecule has 7 rings (SSSR count). The van der Waals surface area contributed by atoms with Gasteiger partial charge in [0.05, 0.1) is 28.4 Å². The summed E-state index contributed by atoms with van der Waals surface area (Å²) in [7, 11) is 0. The summed E-state index contributed by atoms with van der Waals surface area (Å²) in [5, 5.41) is 2.56. The number of hydrogen-bond acceptors (Lipinski definition) is 10. The maximum Gasteiger partial charge on any atom is 0.427 e. The highest BCUT2D eigenvalue weighted by Crippen LogP contribution is 2.48. The van der Waals surface area contributed by atoms with Crippen LogP contribution >= 0.6 is 0 Å². The summed E-state index contributed by atoms with van der Waals surface area (Å²) >= 11 is 0. The molecule has 0 saturated carbocycles. The number of nitrogen functional groups attached to an aromatic ring is 1. The van der Waals surface area contributed by atoms with Gasteiger partial charge in [0, 0.05) is 32.1 Å². The minimum atomic E-state index is -5.32. The number of nitrogens with one attached hydrogen (secondary N) is 1. The average Bonchev–Trinajstić information content (AvgIpc) is 3.50. The number of piperazine rings is 1. The van der Waals surface area contributed by atoms with E-state index in [1.54, 1.807) is 6.92 Å². The molecule has 0 radical (unpaired) electrons. The van der Waals surface area contributed by atoms with Crippen molar-refractivity contribution in [2.45, 2.75) is 81.8 Å². The molecule has 3 N–H and O–H groups in total. The Kier molecular flexibility index (Phi) is 7.96. The maximum absolute atomic E-state index is 16.7. The van der Waals surface area contributed by atoms with Crippen molar-refractivity contribution in [1.82, 2.24) is 30.2 Å². The van der Waals surface area contributed by atoms with Gasteiger partial charge in [-0.15, -0.1) is 0 Å². The molecule has 0 bridgehead atoms. The van der Waals surface area contributed by atoms with Crippen LogP contribution in [-0.4, -0.2) is 93.7 Å². The Morgan fingerprint density at radius 1 is 1.06 bits per heavy atom. The molecule has 3 fully saturated rings. The zero-order valence-electron chi connectivity index (χ0n) is 26.2. The van der Waals surface area contributed by atoms with Gasteiger partial charge in [0.25, 0.3) is 0 Å². The quantitative estimate of drug-likeness (QED) is 0.347. The predicted octanol–water partition coefficient (Wildman–Crippen LogP) is 5.11. The van der Waals surface area contributed by atoms with Gasteiger partial charge < -0.3 is 25.4 Å².